The first-order valence-corrected chi connectivity index (χ1v) is 10.7. The van der Waals surface area contributed by atoms with Crippen LogP contribution in [0.1, 0.15) is 60.2 Å². The average molecular weight is 409 g/mol. The SMILES string of the molecule is O=C1CCC(N2Cc3cc(C4CCN(Cc5ccn[nH]5)CC4)ccc3C2O)C(=O)N1. The second-order valence-electron chi connectivity index (χ2n) is 8.60. The number of aromatic amines is 1. The van der Waals surface area contributed by atoms with E-state index in [4.69, 9.17) is 0 Å². The number of fused-ring (bicyclic) bond motifs is 1. The maximum Gasteiger partial charge on any atom is 0.244 e. The fourth-order valence-corrected chi connectivity index (χ4v) is 5.05. The zero-order chi connectivity index (χ0) is 20.7. The van der Waals surface area contributed by atoms with Gasteiger partial charge in [-0.05, 0) is 61.0 Å². The largest absolute Gasteiger partial charge is 0.374 e. The highest BCUT2D eigenvalue weighted by Crippen LogP contribution is 2.38. The number of likely N-dealkylation sites (tertiary alicyclic amines) is 1. The normalized spacial score (nSPS) is 26.0. The van der Waals surface area contributed by atoms with Crippen LogP contribution in [0.25, 0.3) is 0 Å². The quantitative estimate of drug-likeness (QED) is 0.660. The molecular formula is C22H27N5O3. The van der Waals surface area contributed by atoms with Crippen LogP contribution in [0, 0.1) is 0 Å². The summed E-state index contributed by atoms with van der Waals surface area (Å²) >= 11 is 0. The van der Waals surface area contributed by atoms with Crippen molar-refractivity contribution >= 4 is 11.8 Å². The highest BCUT2D eigenvalue weighted by molar-refractivity contribution is 6.00. The van der Waals surface area contributed by atoms with Gasteiger partial charge in [0.2, 0.25) is 11.8 Å². The number of amides is 2. The molecule has 8 nitrogen and oxygen atoms in total. The summed E-state index contributed by atoms with van der Waals surface area (Å²) in [6, 6.07) is 7.91. The van der Waals surface area contributed by atoms with E-state index < -0.39 is 12.3 Å². The molecule has 2 fully saturated rings. The Hall–Kier alpha value is -2.55. The highest BCUT2D eigenvalue weighted by Gasteiger charge is 2.39. The minimum absolute atomic E-state index is 0.233. The van der Waals surface area contributed by atoms with Gasteiger partial charge >= 0.3 is 0 Å². The number of hydrogen-bond donors (Lipinski definition) is 3. The zero-order valence-corrected chi connectivity index (χ0v) is 16.9. The molecule has 0 saturated carbocycles. The number of H-pyrrole nitrogens is 1. The van der Waals surface area contributed by atoms with Gasteiger partial charge < -0.3 is 5.11 Å². The number of nitrogens with zero attached hydrogens (tertiary/aromatic N) is 3. The number of aromatic nitrogens is 2. The van der Waals surface area contributed by atoms with Crippen molar-refractivity contribution in [3.05, 3.63) is 52.8 Å². The molecule has 1 aromatic carbocycles. The van der Waals surface area contributed by atoms with E-state index in [-0.39, 0.29) is 11.8 Å². The third-order valence-corrected chi connectivity index (χ3v) is 6.73. The standard InChI is InChI=1S/C22H27N5O3/c28-20-4-3-19(21(29)24-20)27-12-16-11-15(1-2-18(16)22(27)30)14-6-9-26(10-7-14)13-17-5-8-23-25-17/h1-2,5,8,11,14,19,22,30H,3-4,6-7,9-10,12-13H2,(H,23,25)(H,24,28,29). The van der Waals surface area contributed by atoms with Crippen molar-refractivity contribution in [2.24, 2.45) is 0 Å². The predicted molar refractivity (Wildman–Crippen MR) is 109 cm³/mol. The number of piperidine rings is 2. The number of benzene rings is 1. The van der Waals surface area contributed by atoms with Gasteiger partial charge in [0, 0.05) is 31.4 Å². The summed E-state index contributed by atoms with van der Waals surface area (Å²) in [7, 11) is 0. The summed E-state index contributed by atoms with van der Waals surface area (Å²) in [5, 5.41) is 20.2. The Morgan fingerprint density at radius 3 is 2.70 bits per heavy atom. The highest BCUT2D eigenvalue weighted by atomic mass is 16.3. The second kappa shape index (κ2) is 7.94. The Labute approximate surface area is 175 Å². The van der Waals surface area contributed by atoms with Crippen molar-refractivity contribution in [3.8, 4) is 0 Å². The molecule has 3 aliphatic heterocycles. The Morgan fingerprint density at radius 2 is 1.97 bits per heavy atom. The molecule has 30 heavy (non-hydrogen) atoms. The van der Waals surface area contributed by atoms with Crippen LogP contribution in [0.4, 0.5) is 0 Å². The Morgan fingerprint density at radius 1 is 1.13 bits per heavy atom. The molecule has 2 atom stereocenters. The first-order chi connectivity index (χ1) is 14.6. The van der Waals surface area contributed by atoms with Crippen LogP contribution in [0.2, 0.25) is 0 Å². The molecule has 5 rings (SSSR count). The maximum atomic E-state index is 12.3. The smallest absolute Gasteiger partial charge is 0.244 e. The molecule has 3 N–H and O–H groups in total. The monoisotopic (exact) mass is 409 g/mol. The number of aliphatic hydroxyl groups is 1. The number of aliphatic hydroxyl groups excluding tert-OH is 1. The maximum absolute atomic E-state index is 12.3. The lowest BCUT2D eigenvalue weighted by Crippen LogP contribution is -2.51. The Balaban J connectivity index is 1.24. The summed E-state index contributed by atoms with van der Waals surface area (Å²) in [4.78, 5) is 28.0. The van der Waals surface area contributed by atoms with E-state index in [2.05, 4.69) is 32.5 Å². The van der Waals surface area contributed by atoms with E-state index in [1.165, 1.54) is 5.56 Å². The van der Waals surface area contributed by atoms with Crippen molar-refractivity contribution in [1.82, 2.24) is 25.3 Å². The molecule has 1 aromatic heterocycles. The van der Waals surface area contributed by atoms with Crippen molar-refractivity contribution in [3.63, 3.8) is 0 Å². The second-order valence-corrected chi connectivity index (χ2v) is 8.60. The summed E-state index contributed by atoms with van der Waals surface area (Å²) in [6.45, 7) is 3.54. The number of imide groups is 1. The number of rotatable bonds is 4. The molecule has 0 radical (unpaired) electrons. The molecule has 2 unspecified atom stereocenters. The first-order valence-electron chi connectivity index (χ1n) is 10.7. The first kappa shape index (κ1) is 19.4. The zero-order valence-electron chi connectivity index (χ0n) is 16.9. The molecule has 0 spiro atoms. The molecule has 3 aliphatic rings. The number of nitrogens with one attached hydrogen (secondary N) is 2. The summed E-state index contributed by atoms with van der Waals surface area (Å²) < 4.78 is 0. The molecule has 0 aliphatic carbocycles. The third kappa shape index (κ3) is 3.66. The van der Waals surface area contributed by atoms with Gasteiger partial charge in [-0.3, -0.25) is 29.8 Å². The summed E-state index contributed by atoms with van der Waals surface area (Å²) in [5.41, 5.74) is 4.42. The van der Waals surface area contributed by atoms with Crippen LogP contribution in [0.3, 0.4) is 0 Å². The molecule has 8 heteroatoms. The van der Waals surface area contributed by atoms with Gasteiger partial charge in [0.15, 0.2) is 0 Å². The van der Waals surface area contributed by atoms with Crippen LogP contribution in [0.5, 0.6) is 0 Å². The predicted octanol–water partition coefficient (Wildman–Crippen LogP) is 1.40. The Bertz CT molecular complexity index is 936. The minimum Gasteiger partial charge on any atom is -0.374 e. The summed E-state index contributed by atoms with van der Waals surface area (Å²) in [6.07, 6.45) is 3.97. The molecule has 0 bridgehead atoms. The Kier molecular flexibility index (Phi) is 5.14. The lowest BCUT2D eigenvalue weighted by atomic mass is 9.88. The van der Waals surface area contributed by atoms with E-state index in [9.17, 15) is 14.7 Å². The van der Waals surface area contributed by atoms with Gasteiger partial charge in [0.25, 0.3) is 0 Å². The third-order valence-electron chi connectivity index (χ3n) is 6.73. The molecular weight excluding hydrogens is 382 g/mol. The van der Waals surface area contributed by atoms with Crippen molar-refractivity contribution in [2.45, 2.75) is 57.0 Å². The van der Waals surface area contributed by atoms with Gasteiger partial charge in [-0.15, -0.1) is 0 Å². The number of carbonyl (C=O) groups is 2. The van der Waals surface area contributed by atoms with Crippen LogP contribution in [-0.4, -0.2) is 56.0 Å². The lowest BCUT2D eigenvalue weighted by Gasteiger charge is -2.32. The fraction of sp³-hybridized carbons (Fsp3) is 0.500. The minimum atomic E-state index is -0.797. The van der Waals surface area contributed by atoms with E-state index in [0.29, 0.717) is 25.3 Å². The number of hydrogen-bond acceptors (Lipinski definition) is 6. The van der Waals surface area contributed by atoms with Crippen molar-refractivity contribution < 1.29 is 14.7 Å². The topological polar surface area (TPSA) is 102 Å². The van der Waals surface area contributed by atoms with E-state index in [1.54, 1.807) is 6.20 Å². The number of carbonyl (C=O) groups excluding carboxylic acids is 2. The average Bonchev–Trinajstić information content (AvgIpc) is 3.36. The van der Waals surface area contributed by atoms with Crippen LogP contribution in [0.15, 0.2) is 30.5 Å². The van der Waals surface area contributed by atoms with Crippen LogP contribution < -0.4 is 5.32 Å². The van der Waals surface area contributed by atoms with Gasteiger partial charge in [0.1, 0.15) is 6.23 Å². The van der Waals surface area contributed by atoms with Gasteiger partial charge in [-0.25, -0.2) is 0 Å². The molecule has 2 saturated heterocycles. The van der Waals surface area contributed by atoms with Crippen molar-refractivity contribution in [1.29, 1.82) is 0 Å². The van der Waals surface area contributed by atoms with Gasteiger partial charge in [-0.2, -0.15) is 5.10 Å². The molecule has 2 amide bonds. The molecule has 4 heterocycles. The van der Waals surface area contributed by atoms with E-state index in [1.807, 2.05) is 17.0 Å². The van der Waals surface area contributed by atoms with Gasteiger partial charge in [-0.1, -0.05) is 18.2 Å². The van der Waals surface area contributed by atoms with Crippen LogP contribution >= 0.6 is 0 Å². The fourth-order valence-electron chi connectivity index (χ4n) is 5.05. The molecule has 158 valence electrons. The van der Waals surface area contributed by atoms with E-state index in [0.717, 1.165) is 49.3 Å². The lowest BCUT2D eigenvalue weighted by molar-refractivity contribution is -0.141. The van der Waals surface area contributed by atoms with Crippen molar-refractivity contribution in [2.75, 3.05) is 13.1 Å². The summed E-state index contributed by atoms with van der Waals surface area (Å²) in [5.74, 6) is -0.0262. The van der Waals surface area contributed by atoms with Crippen LogP contribution in [-0.2, 0) is 22.7 Å². The van der Waals surface area contributed by atoms with E-state index >= 15 is 0 Å². The molecule has 2 aromatic rings. The van der Waals surface area contributed by atoms with Gasteiger partial charge in [0.05, 0.1) is 6.04 Å².